The molecule has 0 unspecified atom stereocenters. The van der Waals surface area contributed by atoms with Crippen molar-refractivity contribution in [3.8, 4) is 0 Å². The van der Waals surface area contributed by atoms with E-state index in [1.54, 1.807) is 10.9 Å². The molecule has 6 heteroatoms. The first kappa shape index (κ1) is 11.6. The summed E-state index contributed by atoms with van der Waals surface area (Å²) in [6.45, 7) is 4.73. The Labute approximate surface area is 99.2 Å². The largest absolute Gasteiger partial charge is 0.378 e. The Bertz CT molecular complexity index is 514. The van der Waals surface area contributed by atoms with E-state index < -0.39 is 0 Å². The third-order valence-corrected chi connectivity index (χ3v) is 2.63. The van der Waals surface area contributed by atoms with Gasteiger partial charge in [-0.05, 0) is 13.8 Å². The smallest absolute Gasteiger partial charge is 0.216 e. The molecule has 0 spiro atoms. The Morgan fingerprint density at radius 1 is 1.47 bits per heavy atom. The van der Waals surface area contributed by atoms with Gasteiger partial charge in [0.15, 0.2) is 0 Å². The van der Waals surface area contributed by atoms with Gasteiger partial charge in [-0.2, -0.15) is 14.6 Å². The maximum atomic E-state index is 13.7. The Hall–Kier alpha value is -1.85. The molecule has 0 aliphatic carbocycles. The molecule has 0 aromatic carbocycles. The Balaban J connectivity index is 2.07. The lowest BCUT2D eigenvalue weighted by Crippen LogP contribution is -2.04. The first-order chi connectivity index (χ1) is 8.11. The molecule has 0 aliphatic heterocycles. The van der Waals surface area contributed by atoms with Crippen LogP contribution < -0.4 is 5.32 Å². The highest BCUT2D eigenvalue weighted by molar-refractivity contribution is 5.45. The molecule has 0 radical (unpaired) electrons. The highest BCUT2D eigenvalue weighted by atomic mass is 19.1. The SMILES string of the molecule is CCn1ncc(CNc2cn(C)nc2C)c1F. The summed E-state index contributed by atoms with van der Waals surface area (Å²) in [7, 11) is 1.86. The summed E-state index contributed by atoms with van der Waals surface area (Å²) in [4.78, 5) is 0. The molecule has 0 aliphatic rings. The lowest BCUT2D eigenvalue weighted by molar-refractivity contribution is 0.465. The van der Waals surface area contributed by atoms with Gasteiger partial charge in [0.2, 0.25) is 5.95 Å². The summed E-state index contributed by atoms with van der Waals surface area (Å²) in [5.41, 5.74) is 2.38. The number of nitrogens with zero attached hydrogens (tertiary/aromatic N) is 4. The van der Waals surface area contributed by atoms with Crippen molar-refractivity contribution in [3.63, 3.8) is 0 Å². The number of hydrogen-bond acceptors (Lipinski definition) is 3. The second-order valence-electron chi connectivity index (χ2n) is 3.93. The highest BCUT2D eigenvalue weighted by Gasteiger charge is 2.09. The standard InChI is InChI=1S/C11H16FN5/c1-4-17-11(12)9(6-14-17)5-13-10-7-16(3)15-8(10)2/h6-7,13H,4-5H2,1-3H3. The second-order valence-corrected chi connectivity index (χ2v) is 3.93. The van der Waals surface area contributed by atoms with Gasteiger partial charge >= 0.3 is 0 Å². The molecule has 0 amide bonds. The van der Waals surface area contributed by atoms with Crippen LogP contribution in [0.3, 0.4) is 0 Å². The van der Waals surface area contributed by atoms with Gasteiger partial charge < -0.3 is 5.32 Å². The molecule has 2 heterocycles. The summed E-state index contributed by atoms with van der Waals surface area (Å²) >= 11 is 0. The van der Waals surface area contributed by atoms with Crippen LogP contribution in [0.25, 0.3) is 0 Å². The summed E-state index contributed by atoms with van der Waals surface area (Å²) < 4.78 is 16.7. The first-order valence-electron chi connectivity index (χ1n) is 5.56. The van der Waals surface area contributed by atoms with Crippen LogP contribution in [0, 0.1) is 12.9 Å². The fourth-order valence-corrected chi connectivity index (χ4v) is 1.71. The van der Waals surface area contributed by atoms with Crippen molar-refractivity contribution in [2.24, 2.45) is 7.05 Å². The number of halogens is 1. The van der Waals surface area contributed by atoms with Crippen LogP contribution in [-0.4, -0.2) is 19.6 Å². The van der Waals surface area contributed by atoms with Gasteiger partial charge in [-0.3, -0.25) is 4.68 Å². The van der Waals surface area contributed by atoms with Crippen LogP contribution in [0.15, 0.2) is 12.4 Å². The molecule has 2 aromatic rings. The maximum Gasteiger partial charge on any atom is 0.216 e. The topological polar surface area (TPSA) is 47.7 Å². The summed E-state index contributed by atoms with van der Waals surface area (Å²) in [6, 6.07) is 0. The molecule has 1 N–H and O–H groups in total. The molecular formula is C11H16FN5. The monoisotopic (exact) mass is 237 g/mol. The molecule has 2 aromatic heterocycles. The third-order valence-electron chi connectivity index (χ3n) is 2.63. The van der Waals surface area contributed by atoms with E-state index in [0.29, 0.717) is 18.7 Å². The van der Waals surface area contributed by atoms with Crippen molar-refractivity contribution in [2.45, 2.75) is 26.9 Å². The summed E-state index contributed by atoms with van der Waals surface area (Å²) in [6.07, 6.45) is 3.43. The quantitative estimate of drug-likeness (QED) is 0.880. The van der Waals surface area contributed by atoms with Crippen molar-refractivity contribution in [1.29, 1.82) is 0 Å². The number of hydrogen-bond donors (Lipinski definition) is 1. The van der Waals surface area contributed by atoms with E-state index in [2.05, 4.69) is 15.5 Å². The van der Waals surface area contributed by atoms with Crippen molar-refractivity contribution < 1.29 is 4.39 Å². The number of aryl methyl sites for hydroxylation is 3. The molecule has 0 bridgehead atoms. The predicted octanol–water partition coefficient (Wildman–Crippen LogP) is 1.70. The number of nitrogens with one attached hydrogen (secondary N) is 1. The zero-order valence-corrected chi connectivity index (χ0v) is 10.2. The van der Waals surface area contributed by atoms with Crippen molar-refractivity contribution in [2.75, 3.05) is 5.32 Å². The second kappa shape index (κ2) is 4.57. The van der Waals surface area contributed by atoms with Gasteiger partial charge in [0.05, 0.1) is 17.6 Å². The molecule has 92 valence electrons. The molecule has 17 heavy (non-hydrogen) atoms. The van der Waals surface area contributed by atoms with E-state index in [-0.39, 0.29) is 5.95 Å². The van der Waals surface area contributed by atoms with E-state index in [4.69, 9.17) is 0 Å². The van der Waals surface area contributed by atoms with Gasteiger partial charge in [-0.25, -0.2) is 4.68 Å². The van der Waals surface area contributed by atoms with Crippen LogP contribution in [0.2, 0.25) is 0 Å². The van der Waals surface area contributed by atoms with E-state index in [1.165, 1.54) is 4.68 Å². The van der Waals surface area contributed by atoms with Crippen LogP contribution in [0.1, 0.15) is 18.2 Å². The van der Waals surface area contributed by atoms with E-state index >= 15 is 0 Å². The van der Waals surface area contributed by atoms with E-state index in [1.807, 2.05) is 27.1 Å². The molecule has 5 nitrogen and oxygen atoms in total. The highest BCUT2D eigenvalue weighted by Crippen LogP contribution is 2.14. The Kier molecular flexibility index (Phi) is 3.12. The average Bonchev–Trinajstić information content (AvgIpc) is 2.79. The van der Waals surface area contributed by atoms with Crippen LogP contribution >= 0.6 is 0 Å². The van der Waals surface area contributed by atoms with Gasteiger partial charge in [-0.15, -0.1) is 0 Å². The zero-order chi connectivity index (χ0) is 12.4. The minimum Gasteiger partial charge on any atom is -0.378 e. The van der Waals surface area contributed by atoms with Gasteiger partial charge in [0, 0.05) is 31.9 Å². The summed E-state index contributed by atoms with van der Waals surface area (Å²) in [5, 5.41) is 11.3. The first-order valence-corrected chi connectivity index (χ1v) is 5.56. The molecule has 0 fully saturated rings. The minimum absolute atomic E-state index is 0.276. The number of rotatable bonds is 4. The van der Waals surface area contributed by atoms with Gasteiger partial charge in [-0.1, -0.05) is 0 Å². The van der Waals surface area contributed by atoms with E-state index in [9.17, 15) is 4.39 Å². The molecule has 0 atom stereocenters. The molecule has 2 rings (SSSR count). The van der Waals surface area contributed by atoms with Crippen molar-refractivity contribution in [3.05, 3.63) is 29.6 Å². The number of aromatic nitrogens is 4. The van der Waals surface area contributed by atoms with Gasteiger partial charge in [0.1, 0.15) is 0 Å². The van der Waals surface area contributed by atoms with Crippen LogP contribution in [-0.2, 0) is 20.1 Å². The maximum absolute atomic E-state index is 13.7. The predicted molar refractivity (Wildman–Crippen MR) is 63.1 cm³/mol. The normalized spacial score (nSPS) is 10.8. The van der Waals surface area contributed by atoms with Crippen LogP contribution in [0.5, 0.6) is 0 Å². The Morgan fingerprint density at radius 3 is 2.76 bits per heavy atom. The fraction of sp³-hybridized carbons (Fsp3) is 0.455. The third kappa shape index (κ3) is 2.30. The minimum atomic E-state index is -0.276. The van der Waals surface area contributed by atoms with E-state index in [0.717, 1.165) is 11.4 Å². The van der Waals surface area contributed by atoms with Crippen molar-refractivity contribution >= 4 is 5.69 Å². The van der Waals surface area contributed by atoms with Crippen molar-refractivity contribution in [1.82, 2.24) is 19.6 Å². The lowest BCUT2D eigenvalue weighted by atomic mass is 10.3. The molecular weight excluding hydrogens is 221 g/mol. The van der Waals surface area contributed by atoms with Gasteiger partial charge in [0.25, 0.3) is 0 Å². The lowest BCUT2D eigenvalue weighted by Gasteiger charge is -2.03. The average molecular weight is 237 g/mol. The molecule has 0 saturated heterocycles. The Morgan fingerprint density at radius 2 is 2.24 bits per heavy atom. The molecule has 0 saturated carbocycles. The number of anilines is 1. The zero-order valence-electron chi connectivity index (χ0n) is 10.2. The summed E-state index contributed by atoms with van der Waals surface area (Å²) in [5.74, 6) is -0.276. The fourth-order valence-electron chi connectivity index (χ4n) is 1.71. The van der Waals surface area contributed by atoms with Crippen LogP contribution in [0.4, 0.5) is 10.1 Å².